The molecule has 0 saturated carbocycles. The number of aromatic nitrogens is 3. The number of hydrogen-bond acceptors (Lipinski definition) is 4. The molecule has 4 aromatic rings. The molecule has 3 aromatic heterocycles. The van der Waals surface area contributed by atoms with Crippen molar-refractivity contribution in [3.8, 4) is 0 Å². The van der Waals surface area contributed by atoms with Crippen molar-refractivity contribution in [2.45, 2.75) is 0 Å². The molecule has 0 saturated heterocycles. The molecule has 112 valence electrons. The molecule has 4 rings (SSSR count). The molecule has 0 unspecified atom stereocenters. The van der Waals surface area contributed by atoms with Crippen molar-refractivity contribution in [2.75, 3.05) is 5.32 Å². The van der Waals surface area contributed by atoms with Crippen LogP contribution in [0.3, 0.4) is 0 Å². The van der Waals surface area contributed by atoms with E-state index < -0.39 is 0 Å². The third kappa shape index (κ3) is 2.60. The number of rotatable bonds is 3. The van der Waals surface area contributed by atoms with E-state index in [1.165, 1.54) is 6.08 Å². The zero-order valence-electron chi connectivity index (χ0n) is 12.0. The van der Waals surface area contributed by atoms with Gasteiger partial charge in [0.25, 0.3) is 0 Å². The third-order valence-electron chi connectivity index (χ3n) is 3.47. The molecular formula is C17H12N4OS. The van der Waals surface area contributed by atoms with Crippen LogP contribution in [0.15, 0.2) is 60.4 Å². The second-order valence-electron chi connectivity index (χ2n) is 4.94. The minimum Gasteiger partial charge on any atom is -0.321 e. The predicted octanol–water partition coefficient (Wildman–Crippen LogP) is 3.60. The topological polar surface area (TPSA) is 59.3 Å². The minimum absolute atomic E-state index is 0.201. The van der Waals surface area contributed by atoms with Crippen molar-refractivity contribution in [3.63, 3.8) is 0 Å². The van der Waals surface area contributed by atoms with Crippen LogP contribution in [-0.4, -0.2) is 20.3 Å². The van der Waals surface area contributed by atoms with E-state index in [1.807, 2.05) is 46.3 Å². The van der Waals surface area contributed by atoms with E-state index in [-0.39, 0.29) is 5.91 Å². The van der Waals surface area contributed by atoms with Gasteiger partial charge in [-0.1, -0.05) is 18.2 Å². The number of imidazole rings is 1. The van der Waals surface area contributed by atoms with Gasteiger partial charge in [0.05, 0.1) is 23.1 Å². The number of fused-ring (bicyclic) bond motifs is 2. The van der Waals surface area contributed by atoms with Gasteiger partial charge < -0.3 is 5.32 Å². The summed E-state index contributed by atoms with van der Waals surface area (Å²) in [6.07, 6.45) is 8.64. The molecule has 1 aromatic carbocycles. The molecule has 0 bridgehead atoms. The number of carbonyl (C=O) groups is 1. The van der Waals surface area contributed by atoms with Gasteiger partial charge in [0.1, 0.15) is 0 Å². The van der Waals surface area contributed by atoms with Gasteiger partial charge in [0.15, 0.2) is 4.96 Å². The van der Waals surface area contributed by atoms with E-state index in [4.69, 9.17) is 0 Å². The molecule has 0 atom stereocenters. The van der Waals surface area contributed by atoms with Crippen molar-refractivity contribution >= 4 is 44.9 Å². The summed E-state index contributed by atoms with van der Waals surface area (Å²) >= 11 is 1.56. The molecule has 5 nitrogen and oxygen atoms in total. The van der Waals surface area contributed by atoms with Crippen LogP contribution in [0, 0.1) is 0 Å². The number of thiazole rings is 1. The number of benzene rings is 1. The third-order valence-corrected chi connectivity index (χ3v) is 4.24. The summed E-state index contributed by atoms with van der Waals surface area (Å²) in [6, 6.07) is 9.55. The highest BCUT2D eigenvalue weighted by atomic mass is 32.1. The van der Waals surface area contributed by atoms with Gasteiger partial charge in [0, 0.05) is 29.2 Å². The molecule has 0 fully saturated rings. The van der Waals surface area contributed by atoms with Gasteiger partial charge in [-0.05, 0) is 18.2 Å². The highest BCUT2D eigenvalue weighted by Gasteiger charge is 2.05. The van der Waals surface area contributed by atoms with Crippen LogP contribution in [0.5, 0.6) is 0 Å². The molecular weight excluding hydrogens is 308 g/mol. The maximum Gasteiger partial charge on any atom is 0.248 e. The quantitative estimate of drug-likeness (QED) is 0.587. The van der Waals surface area contributed by atoms with Crippen LogP contribution >= 0.6 is 11.3 Å². The van der Waals surface area contributed by atoms with Crippen LogP contribution in [0.25, 0.3) is 21.9 Å². The molecule has 1 N–H and O–H groups in total. The number of para-hydroxylation sites is 1. The van der Waals surface area contributed by atoms with Crippen LogP contribution in [0.2, 0.25) is 0 Å². The van der Waals surface area contributed by atoms with Crippen molar-refractivity contribution < 1.29 is 4.79 Å². The zero-order valence-corrected chi connectivity index (χ0v) is 12.8. The second-order valence-corrected chi connectivity index (χ2v) is 5.81. The average molecular weight is 320 g/mol. The smallest absolute Gasteiger partial charge is 0.248 e. The Morgan fingerprint density at radius 3 is 3.09 bits per heavy atom. The summed E-state index contributed by atoms with van der Waals surface area (Å²) in [7, 11) is 0. The summed E-state index contributed by atoms with van der Waals surface area (Å²) in [6.45, 7) is 0. The average Bonchev–Trinajstić information content (AvgIpc) is 3.17. The van der Waals surface area contributed by atoms with E-state index >= 15 is 0 Å². The SMILES string of the molecule is O=C(/C=C/c1cnc2sccn12)Nc1cccc2cccnc12. The summed E-state index contributed by atoms with van der Waals surface area (Å²) in [5.41, 5.74) is 2.35. The fourth-order valence-corrected chi connectivity index (χ4v) is 3.11. The van der Waals surface area contributed by atoms with Crippen molar-refractivity contribution in [2.24, 2.45) is 0 Å². The highest BCUT2D eigenvalue weighted by molar-refractivity contribution is 7.15. The molecule has 6 heteroatoms. The maximum atomic E-state index is 12.2. The highest BCUT2D eigenvalue weighted by Crippen LogP contribution is 2.20. The van der Waals surface area contributed by atoms with E-state index in [0.29, 0.717) is 5.69 Å². The van der Waals surface area contributed by atoms with Gasteiger partial charge >= 0.3 is 0 Å². The molecule has 0 aliphatic carbocycles. The zero-order chi connectivity index (χ0) is 15.6. The van der Waals surface area contributed by atoms with Crippen LogP contribution < -0.4 is 5.32 Å². The van der Waals surface area contributed by atoms with E-state index in [9.17, 15) is 4.79 Å². The maximum absolute atomic E-state index is 12.2. The summed E-state index contributed by atoms with van der Waals surface area (Å²) in [4.78, 5) is 21.7. The van der Waals surface area contributed by atoms with Crippen molar-refractivity contribution in [1.29, 1.82) is 0 Å². The largest absolute Gasteiger partial charge is 0.321 e. The van der Waals surface area contributed by atoms with Gasteiger partial charge in [0.2, 0.25) is 5.91 Å². The van der Waals surface area contributed by atoms with Crippen molar-refractivity contribution in [1.82, 2.24) is 14.4 Å². The number of nitrogens with zero attached hydrogens (tertiary/aromatic N) is 3. The molecule has 0 aliphatic rings. The molecule has 0 radical (unpaired) electrons. The minimum atomic E-state index is -0.201. The Morgan fingerprint density at radius 1 is 1.22 bits per heavy atom. The van der Waals surface area contributed by atoms with Gasteiger partial charge in [-0.15, -0.1) is 11.3 Å². The Kier molecular flexibility index (Phi) is 3.36. The second kappa shape index (κ2) is 5.66. The monoisotopic (exact) mass is 320 g/mol. The Morgan fingerprint density at radius 2 is 2.13 bits per heavy atom. The summed E-state index contributed by atoms with van der Waals surface area (Å²) in [5, 5.41) is 5.82. The lowest BCUT2D eigenvalue weighted by molar-refractivity contribution is -0.111. The number of amides is 1. The fourth-order valence-electron chi connectivity index (χ4n) is 2.41. The van der Waals surface area contributed by atoms with E-state index in [2.05, 4.69) is 15.3 Å². The van der Waals surface area contributed by atoms with Crippen LogP contribution in [0.4, 0.5) is 5.69 Å². The molecule has 0 spiro atoms. The van der Waals surface area contributed by atoms with Crippen LogP contribution in [-0.2, 0) is 4.79 Å². The summed E-state index contributed by atoms with van der Waals surface area (Å²) in [5.74, 6) is -0.201. The van der Waals surface area contributed by atoms with Crippen LogP contribution in [0.1, 0.15) is 5.69 Å². The van der Waals surface area contributed by atoms with Gasteiger partial charge in [-0.25, -0.2) is 4.98 Å². The Bertz CT molecular complexity index is 1030. The summed E-state index contributed by atoms with van der Waals surface area (Å²) < 4.78 is 1.94. The molecule has 0 aliphatic heterocycles. The molecule has 3 heterocycles. The normalized spacial score (nSPS) is 11.5. The number of carbonyl (C=O) groups excluding carboxylic acids is 1. The number of pyridine rings is 1. The Balaban J connectivity index is 1.58. The Hall–Kier alpha value is -2.99. The first kappa shape index (κ1) is 13.7. The molecule has 23 heavy (non-hydrogen) atoms. The Labute approximate surface area is 135 Å². The van der Waals surface area contributed by atoms with Gasteiger partial charge in [-0.2, -0.15) is 0 Å². The first-order valence-electron chi connectivity index (χ1n) is 7.05. The standard InChI is InChI=1S/C17H12N4OS/c22-15(7-6-13-11-19-17-21(13)9-10-23-17)20-14-5-1-3-12-4-2-8-18-16(12)14/h1-11H,(H,20,22)/b7-6+. The van der Waals surface area contributed by atoms with E-state index in [0.717, 1.165) is 21.6 Å². The van der Waals surface area contributed by atoms with E-state index in [1.54, 1.807) is 29.8 Å². The van der Waals surface area contributed by atoms with Gasteiger partial charge in [-0.3, -0.25) is 14.2 Å². The lowest BCUT2D eigenvalue weighted by Crippen LogP contribution is -2.08. The fraction of sp³-hybridized carbons (Fsp3) is 0. The number of nitrogens with one attached hydrogen (secondary N) is 1. The molecule has 1 amide bonds. The number of hydrogen-bond donors (Lipinski definition) is 1. The van der Waals surface area contributed by atoms with Crippen molar-refractivity contribution in [3.05, 3.63) is 66.1 Å². The first-order chi connectivity index (χ1) is 11.3. The first-order valence-corrected chi connectivity index (χ1v) is 7.92. The lowest BCUT2D eigenvalue weighted by atomic mass is 10.2. The number of anilines is 1. The predicted molar refractivity (Wildman–Crippen MR) is 92.5 cm³/mol. The lowest BCUT2D eigenvalue weighted by Gasteiger charge is -2.05.